The summed E-state index contributed by atoms with van der Waals surface area (Å²) >= 11 is 0. The van der Waals surface area contributed by atoms with Crippen molar-refractivity contribution in [2.24, 2.45) is 5.92 Å². The molecule has 1 saturated carbocycles. The van der Waals surface area contributed by atoms with Gasteiger partial charge in [-0.3, -0.25) is 9.69 Å². The van der Waals surface area contributed by atoms with Crippen molar-refractivity contribution in [3.05, 3.63) is 60.2 Å². The Labute approximate surface area is 162 Å². The first-order chi connectivity index (χ1) is 13.0. The summed E-state index contributed by atoms with van der Waals surface area (Å²) in [6.07, 6.45) is 4.91. The maximum absolute atomic E-state index is 12.4. The molecule has 1 fully saturated rings. The summed E-state index contributed by atoms with van der Waals surface area (Å²) in [5.41, 5.74) is 2.30. The van der Waals surface area contributed by atoms with E-state index in [0.717, 1.165) is 37.1 Å². The SMILES string of the molecule is COc1ccc(NC(=O)CC2CCC(c3ccccc3)(N(C)C)CC2)cc1. The van der Waals surface area contributed by atoms with Gasteiger partial charge in [0.05, 0.1) is 7.11 Å². The van der Waals surface area contributed by atoms with Crippen LogP contribution in [0.2, 0.25) is 0 Å². The van der Waals surface area contributed by atoms with Gasteiger partial charge in [0.1, 0.15) is 5.75 Å². The molecule has 0 aromatic heterocycles. The fraction of sp³-hybridized carbons (Fsp3) is 0.435. The van der Waals surface area contributed by atoms with E-state index in [1.807, 2.05) is 24.3 Å². The van der Waals surface area contributed by atoms with Gasteiger partial charge < -0.3 is 10.1 Å². The van der Waals surface area contributed by atoms with Crippen LogP contribution in [0.5, 0.6) is 5.75 Å². The number of carbonyl (C=O) groups is 1. The summed E-state index contributed by atoms with van der Waals surface area (Å²) in [7, 11) is 5.98. The number of methoxy groups -OCH3 is 1. The Bertz CT molecular complexity index is 733. The van der Waals surface area contributed by atoms with E-state index in [1.165, 1.54) is 5.56 Å². The van der Waals surface area contributed by atoms with Crippen molar-refractivity contribution in [1.29, 1.82) is 0 Å². The van der Waals surface area contributed by atoms with Crippen molar-refractivity contribution < 1.29 is 9.53 Å². The zero-order valence-corrected chi connectivity index (χ0v) is 16.6. The monoisotopic (exact) mass is 366 g/mol. The summed E-state index contributed by atoms with van der Waals surface area (Å²) in [6, 6.07) is 18.3. The molecule has 0 bridgehead atoms. The number of hydrogen-bond donors (Lipinski definition) is 1. The van der Waals surface area contributed by atoms with Gasteiger partial charge in [-0.2, -0.15) is 0 Å². The summed E-state index contributed by atoms with van der Waals surface area (Å²) < 4.78 is 5.15. The second-order valence-corrected chi connectivity index (χ2v) is 7.72. The third-order valence-electron chi connectivity index (χ3n) is 5.95. The molecule has 0 unspecified atom stereocenters. The summed E-state index contributed by atoms with van der Waals surface area (Å²) in [5, 5.41) is 3.01. The average Bonchev–Trinajstić information content (AvgIpc) is 2.69. The highest BCUT2D eigenvalue weighted by atomic mass is 16.5. The lowest BCUT2D eigenvalue weighted by Crippen LogP contribution is -2.44. The van der Waals surface area contributed by atoms with E-state index >= 15 is 0 Å². The summed E-state index contributed by atoms with van der Waals surface area (Å²) in [5.74, 6) is 1.34. The number of rotatable bonds is 6. The highest BCUT2D eigenvalue weighted by Gasteiger charge is 2.38. The number of nitrogens with one attached hydrogen (secondary N) is 1. The lowest BCUT2D eigenvalue weighted by Gasteiger charge is -2.45. The van der Waals surface area contributed by atoms with Gasteiger partial charge in [-0.25, -0.2) is 0 Å². The molecule has 0 atom stereocenters. The Hall–Kier alpha value is -2.33. The van der Waals surface area contributed by atoms with Crippen LogP contribution in [-0.4, -0.2) is 32.0 Å². The third-order valence-corrected chi connectivity index (χ3v) is 5.95. The van der Waals surface area contributed by atoms with Crippen LogP contribution < -0.4 is 10.1 Å². The minimum absolute atomic E-state index is 0.0875. The molecule has 0 radical (unpaired) electrons. The molecule has 144 valence electrons. The zero-order chi connectivity index (χ0) is 19.3. The molecule has 0 saturated heterocycles. The minimum Gasteiger partial charge on any atom is -0.497 e. The maximum Gasteiger partial charge on any atom is 0.224 e. The van der Waals surface area contributed by atoms with Crippen molar-refractivity contribution in [3.8, 4) is 5.75 Å². The van der Waals surface area contributed by atoms with Crippen molar-refractivity contribution >= 4 is 11.6 Å². The summed E-state index contributed by atoms with van der Waals surface area (Å²) in [6.45, 7) is 0. The molecule has 1 amide bonds. The predicted molar refractivity (Wildman–Crippen MR) is 110 cm³/mol. The van der Waals surface area contributed by atoms with Crippen LogP contribution >= 0.6 is 0 Å². The van der Waals surface area contributed by atoms with Gasteiger partial charge in [0, 0.05) is 17.6 Å². The van der Waals surface area contributed by atoms with E-state index in [2.05, 4.69) is 54.6 Å². The Balaban J connectivity index is 1.57. The first-order valence-electron chi connectivity index (χ1n) is 9.70. The van der Waals surface area contributed by atoms with Crippen molar-refractivity contribution in [3.63, 3.8) is 0 Å². The number of benzene rings is 2. The van der Waals surface area contributed by atoms with E-state index < -0.39 is 0 Å². The minimum atomic E-state index is 0.0875. The Kier molecular flexibility index (Phi) is 6.17. The Morgan fingerprint density at radius 1 is 1.07 bits per heavy atom. The second kappa shape index (κ2) is 8.57. The van der Waals surface area contributed by atoms with Crippen LogP contribution in [-0.2, 0) is 10.3 Å². The molecule has 4 heteroatoms. The molecule has 0 spiro atoms. The van der Waals surface area contributed by atoms with Crippen LogP contribution in [0.1, 0.15) is 37.7 Å². The van der Waals surface area contributed by atoms with E-state index in [-0.39, 0.29) is 11.4 Å². The Morgan fingerprint density at radius 3 is 2.26 bits per heavy atom. The molecule has 1 N–H and O–H groups in total. The molecular formula is C23H30N2O2. The van der Waals surface area contributed by atoms with Crippen molar-refractivity contribution in [2.45, 2.75) is 37.6 Å². The fourth-order valence-corrected chi connectivity index (χ4v) is 4.25. The van der Waals surface area contributed by atoms with Crippen LogP contribution in [0.3, 0.4) is 0 Å². The van der Waals surface area contributed by atoms with E-state index in [4.69, 9.17) is 4.74 Å². The average molecular weight is 367 g/mol. The largest absolute Gasteiger partial charge is 0.497 e. The van der Waals surface area contributed by atoms with E-state index in [0.29, 0.717) is 12.3 Å². The topological polar surface area (TPSA) is 41.6 Å². The first kappa shape index (κ1) is 19.4. The van der Waals surface area contributed by atoms with Crippen LogP contribution in [0.4, 0.5) is 5.69 Å². The van der Waals surface area contributed by atoms with Gasteiger partial charge in [-0.05, 0) is 75.5 Å². The maximum atomic E-state index is 12.4. The van der Waals surface area contributed by atoms with E-state index in [1.54, 1.807) is 7.11 Å². The predicted octanol–water partition coefficient (Wildman–Crippen LogP) is 4.67. The second-order valence-electron chi connectivity index (χ2n) is 7.72. The number of ether oxygens (including phenoxy) is 1. The Morgan fingerprint density at radius 2 is 1.70 bits per heavy atom. The van der Waals surface area contributed by atoms with Gasteiger partial charge in [0.2, 0.25) is 5.91 Å². The molecule has 3 rings (SSSR count). The molecule has 27 heavy (non-hydrogen) atoms. The van der Waals surface area contributed by atoms with Gasteiger partial charge >= 0.3 is 0 Å². The molecule has 4 nitrogen and oxygen atoms in total. The van der Waals surface area contributed by atoms with Crippen LogP contribution in [0, 0.1) is 5.92 Å². The lowest BCUT2D eigenvalue weighted by atomic mass is 9.71. The van der Waals surface area contributed by atoms with Crippen molar-refractivity contribution in [1.82, 2.24) is 4.90 Å². The number of hydrogen-bond acceptors (Lipinski definition) is 3. The lowest BCUT2D eigenvalue weighted by molar-refractivity contribution is -0.117. The van der Waals surface area contributed by atoms with Crippen molar-refractivity contribution in [2.75, 3.05) is 26.5 Å². The number of amides is 1. The third kappa shape index (κ3) is 4.51. The number of nitrogens with zero attached hydrogens (tertiary/aromatic N) is 1. The molecule has 1 aliphatic rings. The first-order valence-corrected chi connectivity index (χ1v) is 9.70. The van der Waals surface area contributed by atoms with Crippen LogP contribution in [0.15, 0.2) is 54.6 Å². The molecule has 2 aromatic rings. The quantitative estimate of drug-likeness (QED) is 0.808. The molecule has 2 aromatic carbocycles. The zero-order valence-electron chi connectivity index (χ0n) is 16.6. The van der Waals surface area contributed by atoms with E-state index in [9.17, 15) is 4.79 Å². The fourth-order valence-electron chi connectivity index (χ4n) is 4.25. The number of carbonyl (C=O) groups excluding carboxylic acids is 1. The number of anilines is 1. The van der Waals surface area contributed by atoms with Gasteiger partial charge in [-0.1, -0.05) is 30.3 Å². The summed E-state index contributed by atoms with van der Waals surface area (Å²) in [4.78, 5) is 14.8. The standard InChI is InChI=1S/C23H30N2O2/c1-25(2)23(19-7-5-4-6-8-19)15-13-18(14-16-23)17-22(26)24-20-9-11-21(27-3)12-10-20/h4-12,18H,13-17H2,1-3H3,(H,24,26). The van der Waals surface area contributed by atoms with Gasteiger partial charge in [-0.15, -0.1) is 0 Å². The molecule has 1 aliphatic carbocycles. The normalized spacial score (nSPS) is 22.4. The smallest absolute Gasteiger partial charge is 0.224 e. The molecular weight excluding hydrogens is 336 g/mol. The van der Waals surface area contributed by atoms with Crippen LogP contribution in [0.25, 0.3) is 0 Å². The highest BCUT2D eigenvalue weighted by Crippen LogP contribution is 2.43. The van der Waals surface area contributed by atoms with Gasteiger partial charge in [0.25, 0.3) is 0 Å². The molecule has 0 aliphatic heterocycles. The van der Waals surface area contributed by atoms with Gasteiger partial charge in [0.15, 0.2) is 0 Å². The molecule has 0 heterocycles. The highest BCUT2D eigenvalue weighted by molar-refractivity contribution is 5.90.